The standard InChI is InChI=1S/C25H28FN5O2/c26-21-7-3-12-27-24(21)31-14-10-18(17-31)29-25(28-13-9-19-5-4-15-32-19)30-22-11-16-33-23-8-2-1-6-20(22)23/h1-8,12,15,18,22H,9-11,13-14,16-17H2,(H2,28,29,30). The Bertz CT molecular complexity index is 1090. The molecular formula is C25H28FN5O2. The summed E-state index contributed by atoms with van der Waals surface area (Å²) >= 11 is 0. The van der Waals surface area contributed by atoms with Gasteiger partial charge >= 0.3 is 0 Å². The molecule has 0 radical (unpaired) electrons. The van der Waals surface area contributed by atoms with E-state index in [0.29, 0.717) is 25.5 Å². The van der Waals surface area contributed by atoms with Crippen molar-refractivity contribution in [2.24, 2.45) is 4.99 Å². The van der Waals surface area contributed by atoms with Crippen LogP contribution in [0.15, 0.2) is 70.4 Å². The molecule has 5 rings (SSSR count). The minimum Gasteiger partial charge on any atom is -0.493 e. The lowest BCUT2D eigenvalue weighted by atomic mass is 10.0. The van der Waals surface area contributed by atoms with E-state index in [1.807, 2.05) is 35.2 Å². The van der Waals surface area contributed by atoms with Gasteiger partial charge in [0.05, 0.1) is 18.9 Å². The van der Waals surface area contributed by atoms with Crippen molar-refractivity contribution < 1.29 is 13.5 Å². The van der Waals surface area contributed by atoms with Gasteiger partial charge in [0.15, 0.2) is 17.6 Å². The Morgan fingerprint density at radius 3 is 2.94 bits per heavy atom. The fourth-order valence-electron chi connectivity index (χ4n) is 4.40. The van der Waals surface area contributed by atoms with E-state index in [1.165, 1.54) is 6.07 Å². The van der Waals surface area contributed by atoms with Gasteiger partial charge in [0.1, 0.15) is 11.5 Å². The number of ether oxygens (including phenoxy) is 1. The molecule has 1 fully saturated rings. The van der Waals surface area contributed by atoms with E-state index in [-0.39, 0.29) is 17.9 Å². The van der Waals surface area contributed by atoms with E-state index in [0.717, 1.165) is 48.8 Å². The predicted molar refractivity (Wildman–Crippen MR) is 125 cm³/mol. The Balaban J connectivity index is 1.29. The van der Waals surface area contributed by atoms with Crippen molar-refractivity contribution in [3.05, 3.63) is 78.1 Å². The molecule has 4 heterocycles. The van der Waals surface area contributed by atoms with Gasteiger partial charge in [-0.25, -0.2) is 9.37 Å². The number of aliphatic imine (C=N–C) groups is 1. The number of aromatic nitrogens is 1. The summed E-state index contributed by atoms with van der Waals surface area (Å²) in [6.07, 6.45) is 5.76. The second kappa shape index (κ2) is 9.94. The third kappa shape index (κ3) is 5.10. The first-order chi connectivity index (χ1) is 16.3. The fraction of sp³-hybridized carbons (Fsp3) is 0.360. The highest BCUT2D eigenvalue weighted by molar-refractivity contribution is 5.81. The lowest BCUT2D eigenvalue weighted by Crippen LogP contribution is -2.46. The lowest BCUT2D eigenvalue weighted by Gasteiger charge is -2.29. The van der Waals surface area contributed by atoms with Gasteiger partial charge in [0.25, 0.3) is 0 Å². The second-order valence-electron chi connectivity index (χ2n) is 8.32. The summed E-state index contributed by atoms with van der Waals surface area (Å²) in [5, 5.41) is 7.17. The molecule has 2 aromatic heterocycles. The quantitative estimate of drug-likeness (QED) is 0.442. The summed E-state index contributed by atoms with van der Waals surface area (Å²) in [5.41, 5.74) is 1.13. The maximum Gasteiger partial charge on any atom is 0.192 e. The highest BCUT2D eigenvalue weighted by atomic mass is 19.1. The van der Waals surface area contributed by atoms with Gasteiger partial charge < -0.3 is 24.7 Å². The molecule has 1 aromatic carbocycles. The van der Waals surface area contributed by atoms with E-state index >= 15 is 0 Å². The third-order valence-electron chi connectivity index (χ3n) is 6.05. The van der Waals surface area contributed by atoms with Gasteiger partial charge in [0.2, 0.25) is 0 Å². The Labute approximate surface area is 192 Å². The molecule has 172 valence electrons. The number of guanidine groups is 1. The van der Waals surface area contributed by atoms with E-state index in [2.05, 4.69) is 21.7 Å². The van der Waals surface area contributed by atoms with Crippen molar-refractivity contribution in [3.8, 4) is 5.75 Å². The van der Waals surface area contributed by atoms with Crippen LogP contribution in [0.4, 0.5) is 10.2 Å². The Morgan fingerprint density at radius 2 is 2.06 bits per heavy atom. The number of anilines is 1. The summed E-state index contributed by atoms with van der Waals surface area (Å²) in [7, 11) is 0. The highest BCUT2D eigenvalue weighted by Crippen LogP contribution is 2.31. The molecule has 2 atom stereocenters. The molecule has 0 amide bonds. The van der Waals surface area contributed by atoms with E-state index in [1.54, 1.807) is 18.5 Å². The largest absolute Gasteiger partial charge is 0.493 e. The van der Waals surface area contributed by atoms with Gasteiger partial charge in [0, 0.05) is 50.3 Å². The average molecular weight is 450 g/mol. The molecule has 2 unspecified atom stereocenters. The zero-order valence-corrected chi connectivity index (χ0v) is 18.4. The first-order valence-electron chi connectivity index (χ1n) is 11.4. The first-order valence-corrected chi connectivity index (χ1v) is 11.4. The van der Waals surface area contributed by atoms with Crippen LogP contribution < -0.4 is 20.3 Å². The van der Waals surface area contributed by atoms with Crippen LogP contribution in [-0.4, -0.2) is 43.2 Å². The molecule has 8 heteroatoms. The van der Waals surface area contributed by atoms with Crippen LogP contribution in [0.25, 0.3) is 0 Å². The maximum atomic E-state index is 14.2. The molecule has 7 nitrogen and oxygen atoms in total. The number of rotatable bonds is 6. The number of para-hydroxylation sites is 1. The van der Waals surface area contributed by atoms with Crippen LogP contribution >= 0.6 is 0 Å². The van der Waals surface area contributed by atoms with Crippen molar-refractivity contribution in [1.82, 2.24) is 15.6 Å². The predicted octanol–water partition coefficient (Wildman–Crippen LogP) is 3.69. The van der Waals surface area contributed by atoms with Crippen LogP contribution in [0.1, 0.15) is 30.2 Å². The van der Waals surface area contributed by atoms with Crippen molar-refractivity contribution in [1.29, 1.82) is 0 Å². The number of hydrogen-bond acceptors (Lipinski definition) is 5. The molecule has 2 aliphatic heterocycles. The number of pyridine rings is 1. The van der Waals surface area contributed by atoms with Crippen molar-refractivity contribution in [3.63, 3.8) is 0 Å². The van der Waals surface area contributed by atoms with Crippen LogP contribution in [0.2, 0.25) is 0 Å². The van der Waals surface area contributed by atoms with Crippen LogP contribution in [0, 0.1) is 5.82 Å². The molecule has 0 aliphatic carbocycles. The molecule has 3 aromatic rings. The molecule has 2 aliphatic rings. The van der Waals surface area contributed by atoms with Gasteiger partial charge in [-0.3, -0.25) is 4.99 Å². The minimum absolute atomic E-state index is 0.107. The molecule has 2 N–H and O–H groups in total. The van der Waals surface area contributed by atoms with Gasteiger partial charge in [-0.2, -0.15) is 0 Å². The summed E-state index contributed by atoms with van der Waals surface area (Å²) in [6, 6.07) is 15.3. The average Bonchev–Trinajstić information content (AvgIpc) is 3.52. The summed E-state index contributed by atoms with van der Waals surface area (Å²) in [4.78, 5) is 11.0. The van der Waals surface area contributed by atoms with Gasteiger partial charge in [-0.15, -0.1) is 0 Å². The highest BCUT2D eigenvalue weighted by Gasteiger charge is 2.28. The van der Waals surface area contributed by atoms with E-state index in [9.17, 15) is 4.39 Å². The van der Waals surface area contributed by atoms with E-state index < -0.39 is 0 Å². The Hall–Kier alpha value is -3.55. The number of hydrogen-bond donors (Lipinski definition) is 2. The monoisotopic (exact) mass is 449 g/mol. The van der Waals surface area contributed by atoms with Crippen LogP contribution in [0.3, 0.4) is 0 Å². The number of fused-ring (bicyclic) bond motifs is 1. The van der Waals surface area contributed by atoms with Crippen molar-refractivity contribution in [2.75, 3.05) is 31.1 Å². The fourth-order valence-corrected chi connectivity index (χ4v) is 4.40. The zero-order chi connectivity index (χ0) is 22.5. The SMILES string of the molecule is Fc1cccnc1N1CCC(NC(=NCCc2ccco2)NC2CCOc3ccccc32)C1. The number of furan rings is 1. The lowest BCUT2D eigenvalue weighted by molar-refractivity contribution is 0.261. The number of benzene rings is 1. The first kappa shape index (κ1) is 21.3. The summed E-state index contributed by atoms with van der Waals surface area (Å²) < 4.78 is 25.5. The summed E-state index contributed by atoms with van der Waals surface area (Å²) in [6.45, 7) is 2.66. The summed E-state index contributed by atoms with van der Waals surface area (Å²) in [5.74, 6) is 2.68. The zero-order valence-electron chi connectivity index (χ0n) is 18.4. The van der Waals surface area contributed by atoms with Crippen molar-refractivity contribution >= 4 is 11.8 Å². The minimum atomic E-state index is -0.289. The number of nitrogens with zero attached hydrogens (tertiary/aromatic N) is 3. The smallest absolute Gasteiger partial charge is 0.192 e. The molecule has 0 spiro atoms. The topological polar surface area (TPSA) is 74.9 Å². The van der Waals surface area contributed by atoms with Crippen molar-refractivity contribution in [2.45, 2.75) is 31.3 Å². The van der Waals surface area contributed by atoms with Gasteiger partial charge in [-0.05, 0) is 36.8 Å². The van der Waals surface area contributed by atoms with Crippen LogP contribution in [0.5, 0.6) is 5.75 Å². The Kier molecular flexibility index (Phi) is 6.41. The molecular weight excluding hydrogens is 421 g/mol. The van der Waals surface area contributed by atoms with Crippen LogP contribution in [-0.2, 0) is 6.42 Å². The Morgan fingerprint density at radius 1 is 1.12 bits per heavy atom. The number of nitrogens with one attached hydrogen (secondary N) is 2. The van der Waals surface area contributed by atoms with E-state index in [4.69, 9.17) is 14.1 Å². The molecule has 33 heavy (non-hydrogen) atoms. The normalized spacial score (nSPS) is 20.3. The second-order valence-corrected chi connectivity index (χ2v) is 8.32. The molecule has 0 saturated carbocycles. The maximum absolute atomic E-state index is 14.2. The third-order valence-corrected chi connectivity index (χ3v) is 6.05. The number of halogens is 1. The van der Waals surface area contributed by atoms with Gasteiger partial charge in [-0.1, -0.05) is 18.2 Å². The molecule has 0 bridgehead atoms. The molecule has 1 saturated heterocycles.